The van der Waals surface area contributed by atoms with E-state index in [4.69, 9.17) is 21.1 Å². The van der Waals surface area contributed by atoms with Crippen molar-refractivity contribution >= 4 is 45.4 Å². The first-order chi connectivity index (χ1) is 16.2. The second kappa shape index (κ2) is 10.3. The van der Waals surface area contributed by atoms with E-state index in [1.54, 1.807) is 59.7 Å². The lowest BCUT2D eigenvalue weighted by atomic mass is 10.0. The number of nitrogens with zero attached hydrogens (tertiary/aromatic N) is 2. The summed E-state index contributed by atoms with van der Waals surface area (Å²) < 4.78 is 12.9. The topological polar surface area (TPSA) is 77.8 Å². The molecule has 0 saturated carbocycles. The number of fused-ring (bicyclic) bond motifs is 1. The normalized spacial score (nSPS) is 15.5. The predicted octanol–water partition coefficient (Wildman–Crippen LogP) is 7.12. The molecule has 35 heavy (non-hydrogen) atoms. The number of imide groups is 1. The van der Waals surface area contributed by atoms with Gasteiger partial charge in [0.2, 0.25) is 0 Å². The lowest BCUT2D eigenvalue weighted by Gasteiger charge is -2.29. The Kier molecular flexibility index (Phi) is 8.06. The Bertz CT molecular complexity index is 1150. The van der Waals surface area contributed by atoms with Crippen LogP contribution in [-0.4, -0.2) is 33.3 Å². The Morgan fingerprint density at radius 2 is 1.66 bits per heavy atom. The van der Waals surface area contributed by atoms with Crippen LogP contribution in [0.3, 0.4) is 0 Å². The van der Waals surface area contributed by atoms with Gasteiger partial charge in [-0.25, -0.2) is 9.59 Å². The van der Waals surface area contributed by atoms with Crippen molar-refractivity contribution in [3.8, 4) is 11.1 Å². The summed E-state index contributed by atoms with van der Waals surface area (Å²) in [4.78, 5) is 40.4. The number of hydrogen-bond donors (Lipinski definition) is 0. The molecule has 1 aromatic carbocycles. The Hall–Kier alpha value is -2.32. The van der Waals surface area contributed by atoms with Crippen molar-refractivity contribution in [1.82, 2.24) is 4.57 Å². The van der Waals surface area contributed by atoms with Crippen molar-refractivity contribution in [2.24, 2.45) is 0 Å². The van der Waals surface area contributed by atoms with E-state index >= 15 is 0 Å². The van der Waals surface area contributed by atoms with Crippen LogP contribution in [0.4, 0.5) is 15.3 Å². The van der Waals surface area contributed by atoms with Crippen molar-refractivity contribution in [3.63, 3.8) is 0 Å². The summed E-state index contributed by atoms with van der Waals surface area (Å²) in [6, 6.07) is 8.36. The zero-order valence-corrected chi connectivity index (χ0v) is 23.3. The number of ether oxygens (including phenoxy) is 2. The lowest BCUT2D eigenvalue weighted by molar-refractivity contribution is 0.0431. The molecule has 0 fully saturated rings. The molecule has 2 amide bonds. The number of hydrogen-bond acceptors (Lipinski definition) is 5. The number of benzene rings is 1. The predicted molar refractivity (Wildman–Crippen MR) is 142 cm³/mol. The number of anilines is 1. The molecule has 1 aliphatic heterocycles. The zero-order chi connectivity index (χ0) is 26.1. The number of carbonyl (C=O) groups is 2. The van der Waals surface area contributed by atoms with Crippen LogP contribution in [-0.2, 0) is 15.9 Å². The van der Waals surface area contributed by atoms with Gasteiger partial charge in [-0.15, -0.1) is 0 Å². The van der Waals surface area contributed by atoms with Crippen LogP contribution in [0.2, 0.25) is 5.02 Å². The van der Waals surface area contributed by atoms with Gasteiger partial charge in [0, 0.05) is 33.7 Å². The smallest absolute Gasteiger partial charge is 0.424 e. The highest BCUT2D eigenvalue weighted by Crippen LogP contribution is 2.37. The highest BCUT2D eigenvalue weighted by molar-refractivity contribution is 9.09. The van der Waals surface area contributed by atoms with E-state index in [1.807, 2.05) is 10.6 Å². The maximum Gasteiger partial charge on any atom is 0.424 e. The average molecular weight is 568 g/mol. The highest BCUT2D eigenvalue weighted by Gasteiger charge is 2.34. The SMILES string of the molecule is CC(C)(C)OC(=O)N(C(=O)OC(C)(C)C)c1ccc(Cl)cc1-c1cc2n(c(=O)c1)C(CCBr)CC2. The molecular weight excluding hydrogens is 536 g/mol. The first-order valence-corrected chi connectivity index (χ1v) is 13.1. The third-order valence-electron chi connectivity index (χ3n) is 5.35. The van der Waals surface area contributed by atoms with Gasteiger partial charge in [-0.2, -0.15) is 4.90 Å². The highest BCUT2D eigenvalue weighted by atomic mass is 79.9. The van der Waals surface area contributed by atoms with Crippen molar-refractivity contribution in [2.45, 2.75) is 78.0 Å². The first-order valence-electron chi connectivity index (χ1n) is 11.6. The monoisotopic (exact) mass is 566 g/mol. The summed E-state index contributed by atoms with van der Waals surface area (Å²) in [6.07, 6.45) is 0.739. The molecule has 1 atom stereocenters. The van der Waals surface area contributed by atoms with Gasteiger partial charge >= 0.3 is 12.2 Å². The maximum absolute atomic E-state index is 13.2. The molecule has 0 spiro atoms. The Morgan fingerprint density at radius 1 is 1.06 bits per heavy atom. The molecule has 190 valence electrons. The number of rotatable bonds is 4. The number of aromatic nitrogens is 1. The maximum atomic E-state index is 13.2. The summed E-state index contributed by atoms with van der Waals surface area (Å²) in [5, 5.41) is 1.21. The number of carbonyl (C=O) groups excluding carboxylic acids is 2. The fraction of sp³-hybridized carbons (Fsp3) is 0.500. The number of aryl methyl sites for hydroxylation is 1. The molecule has 0 N–H and O–H groups in total. The molecule has 1 aliphatic rings. The molecule has 1 unspecified atom stereocenters. The standard InChI is InChI=1S/C26H32BrClN2O5/c1-25(2,3)34-23(32)30(24(33)35-26(4,5)6)21-10-7-17(28)15-20(21)16-13-19-9-8-18(11-12-27)29(19)22(31)14-16/h7,10,13-15,18H,8-9,11-12H2,1-6H3. The largest absolute Gasteiger partial charge is 0.443 e. The first kappa shape index (κ1) is 27.3. The number of pyridine rings is 1. The number of alkyl halides is 1. The molecule has 2 aromatic rings. The molecule has 1 aromatic heterocycles. The van der Waals surface area contributed by atoms with Crippen LogP contribution < -0.4 is 10.5 Å². The lowest BCUT2D eigenvalue weighted by Crippen LogP contribution is -2.44. The van der Waals surface area contributed by atoms with E-state index in [1.165, 1.54) is 6.07 Å². The van der Waals surface area contributed by atoms with Gasteiger partial charge in [-0.1, -0.05) is 27.5 Å². The molecular formula is C26H32BrClN2O5. The Balaban J connectivity index is 2.16. The van der Waals surface area contributed by atoms with Crippen molar-refractivity contribution in [1.29, 1.82) is 0 Å². The van der Waals surface area contributed by atoms with E-state index in [0.717, 1.165) is 35.2 Å². The summed E-state index contributed by atoms with van der Waals surface area (Å²) in [5.41, 5.74) is 0.325. The van der Waals surface area contributed by atoms with Gasteiger partial charge in [0.25, 0.3) is 5.56 Å². The molecule has 0 bridgehead atoms. The quantitative estimate of drug-likeness (QED) is 0.368. The molecule has 3 rings (SSSR count). The van der Waals surface area contributed by atoms with Gasteiger partial charge in [0.15, 0.2) is 0 Å². The van der Waals surface area contributed by atoms with Crippen LogP contribution in [0.1, 0.15) is 66.1 Å². The minimum atomic E-state index is -0.884. The fourth-order valence-corrected chi connectivity index (χ4v) is 4.76. The third kappa shape index (κ3) is 6.67. The zero-order valence-electron chi connectivity index (χ0n) is 21.0. The van der Waals surface area contributed by atoms with Crippen LogP contribution in [0, 0.1) is 0 Å². The fourth-order valence-electron chi connectivity index (χ4n) is 4.06. The molecule has 2 heterocycles. The minimum absolute atomic E-state index is 0.132. The van der Waals surface area contributed by atoms with Crippen molar-refractivity contribution in [3.05, 3.63) is 51.4 Å². The molecule has 0 aliphatic carbocycles. The Morgan fingerprint density at radius 3 is 2.20 bits per heavy atom. The third-order valence-corrected chi connectivity index (χ3v) is 6.04. The van der Waals surface area contributed by atoms with Crippen molar-refractivity contribution < 1.29 is 19.1 Å². The van der Waals surface area contributed by atoms with E-state index in [-0.39, 0.29) is 17.3 Å². The van der Waals surface area contributed by atoms with Crippen LogP contribution >= 0.6 is 27.5 Å². The molecule has 7 nitrogen and oxygen atoms in total. The van der Waals surface area contributed by atoms with E-state index < -0.39 is 23.4 Å². The molecule has 0 radical (unpaired) electrons. The second-order valence-electron chi connectivity index (χ2n) is 10.6. The van der Waals surface area contributed by atoms with Gasteiger partial charge in [0.05, 0.1) is 5.69 Å². The van der Waals surface area contributed by atoms with Crippen LogP contribution in [0.5, 0.6) is 0 Å². The summed E-state index contributed by atoms with van der Waals surface area (Å²) in [6.45, 7) is 10.3. The number of amides is 2. The van der Waals surface area contributed by atoms with Crippen LogP contribution in [0.15, 0.2) is 35.1 Å². The summed E-state index contributed by atoms with van der Waals surface area (Å²) in [7, 11) is 0. The van der Waals surface area contributed by atoms with Gasteiger partial charge < -0.3 is 14.0 Å². The summed E-state index contributed by atoms with van der Waals surface area (Å²) in [5.74, 6) is 0. The van der Waals surface area contributed by atoms with Gasteiger partial charge in [0.1, 0.15) is 11.2 Å². The molecule has 9 heteroatoms. The van der Waals surface area contributed by atoms with Gasteiger partial charge in [-0.05, 0) is 90.6 Å². The average Bonchev–Trinajstić information content (AvgIpc) is 3.10. The van der Waals surface area contributed by atoms with E-state index in [0.29, 0.717) is 16.1 Å². The number of halogens is 2. The summed E-state index contributed by atoms with van der Waals surface area (Å²) >= 11 is 9.79. The second-order valence-corrected chi connectivity index (χ2v) is 11.8. The van der Waals surface area contributed by atoms with E-state index in [9.17, 15) is 14.4 Å². The minimum Gasteiger partial charge on any atom is -0.443 e. The molecule has 0 saturated heterocycles. The van der Waals surface area contributed by atoms with Gasteiger partial charge in [-0.3, -0.25) is 4.79 Å². The van der Waals surface area contributed by atoms with E-state index in [2.05, 4.69) is 15.9 Å². The van der Waals surface area contributed by atoms with Crippen molar-refractivity contribution in [2.75, 3.05) is 10.2 Å². The van der Waals surface area contributed by atoms with Crippen LogP contribution in [0.25, 0.3) is 11.1 Å². The Labute approximate surface area is 219 Å².